The van der Waals surface area contributed by atoms with Crippen molar-refractivity contribution in [3.63, 3.8) is 0 Å². The first-order chi connectivity index (χ1) is 18.6. The molecule has 1 amide bonds. The topological polar surface area (TPSA) is 55.8 Å². The van der Waals surface area contributed by atoms with Gasteiger partial charge in [-0.05, 0) is 80.2 Å². The van der Waals surface area contributed by atoms with E-state index in [2.05, 4.69) is 11.4 Å². The molecule has 0 atom stereocenters. The van der Waals surface area contributed by atoms with E-state index in [9.17, 15) is 9.59 Å². The second-order valence-electron chi connectivity index (χ2n) is 9.91. The van der Waals surface area contributed by atoms with Crippen molar-refractivity contribution in [3.05, 3.63) is 77.2 Å². The molecule has 1 saturated carbocycles. The molecule has 0 aliphatic heterocycles. The quantitative estimate of drug-likeness (QED) is 0.147. The molecule has 1 fully saturated rings. The van der Waals surface area contributed by atoms with Gasteiger partial charge in [0.1, 0.15) is 11.9 Å². The van der Waals surface area contributed by atoms with Gasteiger partial charge in [0.05, 0.1) is 6.61 Å². The summed E-state index contributed by atoms with van der Waals surface area (Å²) in [5.41, 5.74) is 2.88. The summed E-state index contributed by atoms with van der Waals surface area (Å²) in [5, 5.41) is 2.06. The summed E-state index contributed by atoms with van der Waals surface area (Å²) in [6.07, 6.45) is 6.89. The van der Waals surface area contributed by atoms with Crippen LogP contribution in [0.2, 0.25) is 0 Å². The van der Waals surface area contributed by atoms with Gasteiger partial charge >= 0.3 is 5.97 Å². The fourth-order valence-electron chi connectivity index (χ4n) is 4.53. The van der Waals surface area contributed by atoms with E-state index in [4.69, 9.17) is 9.47 Å². The Labute approximate surface area is 230 Å². The molecule has 0 bridgehead atoms. The summed E-state index contributed by atoms with van der Waals surface area (Å²) in [6, 6.07) is 20.4. The van der Waals surface area contributed by atoms with E-state index in [0.29, 0.717) is 19.6 Å². The second-order valence-corrected chi connectivity index (χ2v) is 10.9. The minimum atomic E-state index is -0.101. The largest absolute Gasteiger partial charge is 0.493 e. The van der Waals surface area contributed by atoms with Crippen LogP contribution in [-0.2, 0) is 16.1 Å². The first kappa shape index (κ1) is 27.9. The van der Waals surface area contributed by atoms with Crippen molar-refractivity contribution in [1.82, 2.24) is 4.90 Å². The number of hydrogen-bond donors (Lipinski definition) is 0. The minimum absolute atomic E-state index is 0.0370. The fraction of sp³-hybridized carbons (Fsp3) is 0.438. The summed E-state index contributed by atoms with van der Waals surface area (Å²) in [7, 11) is 0. The molecule has 0 radical (unpaired) electrons. The molecule has 2 aromatic carbocycles. The van der Waals surface area contributed by atoms with Gasteiger partial charge in [-0.15, -0.1) is 11.3 Å². The number of thiophene rings is 1. The molecule has 0 spiro atoms. The van der Waals surface area contributed by atoms with Gasteiger partial charge < -0.3 is 14.4 Å². The number of benzene rings is 2. The molecule has 1 heterocycles. The predicted molar refractivity (Wildman–Crippen MR) is 154 cm³/mol. The monoisotopic (exact) mass is 533 g/mol. The highest BCUT2D eigenvalue weighted by molar-refractivity contribution is 7.13. The maximum atomic E-state index is 13.5. The Hall–Kier alpha value is -3.12. The highest BCUT2D eigenvalue weighted by Crippen LogP contribution is 2.32. The van der Waals surface area contributed by atoms with Gasteiger partial charge in [0.15, 0.2) is 0 Å². The third-order valence-corrected chi connectivity index (χ3v) is 7.91. The van der Waals surface area contributed by atoms with Crippen molar-refractivity contribution in [1.29, 1.82) is 0 Å². The van der Waals surface area contributed by atoms with Crippen LogP contribution in [0.4, 0.5) is 0 Å². The summed E-state index contributed by atoms with van der Waals surface area (Å²) in [5.74, 6) is 0.795. The van der Waals surface area contributed by atoms with Gasteiger partial charge in [-0.1, -0.05) is 50.2 Å². The van der Waals surface area contributed by atoms with Crippen LogP contribution in [-0.4, -0.2) is 35.5 Å². The smallest absolute Gasteiger partial charge is 0.306 e. The van der Waals surface area contributed by atoms with Crippen molar-refractivity contribution in [2.45, 2.75) is 83.9 Å². The number of unbranched alkanes of at least 4 members (excludes halogenated alkanes) is 2. The molecule has 202 valence electrons. The van der Waals surface area contributed by atoms with Gasteiger partial charge in [-0.2, -0.15) is 0 Å². The molecule has 1 aliphatic carbocycles. The Bertz CT molecular complexity index is 1150. The first-order valence-electron chi connectivity index (χ1n) is 13.9. The Morgan fingerprint density at radius 2 is 1.71 bits per heavy atom. The van der Waals surface area contributed by atoms with Crippen molar-refractivity contribution < 1.29 is 19.1 Å². The van der Waals surface area contributed by atoms with Crippen LogP contribution in [0.25, 0.3) is 10.4 Å². The fourth-order valence-corrected chi connectivity index (χ4v) is 5.26. The molecule has 6 heteroatoms. The lowest BCUT2D eigenvalue weighted by atomic mass is 10.1. The van der Waals surface area contributed by atoms with Crippen LogP contribution in [0.3, 0.4) is 0 Å². The van der Waals surface area contributed by atoms with Gasteiger partial charge in [0, 0.05) is 35.0 Å². The highest BCUT2D eigenvalue weighted by atomic mass is 32.1. The molecular weight excluding hydrogens is 494 g/mol. The average molecular weight is 534 g/mol. The number of carbonyl (C=O) groups is 2. The third kappa shape index (κ3) is 7.94. The molecule has 1 aromatic heterocycles. The Morgan fingerprint density at radius 1 is 0.947 bits per heavy atom. The van der Waals surface area contributed by atoms with E-state index < -0.39 is 0 Å². The van der Waals surface area contributed by atoms with Crippen LogP contribution >= 0.6 is 11.3 Å². The second kappa shape index (κ2) is 14.1. The third-order valence-electron chi connectivity index (χ3n) is 6.99. The van der Waals surface area contributed by atoms with E-state index in [-0.39, 0.29) is 24.0 Å². The number of para-hydroxylation sites is 1. The zero-order chi connectivity index (χ0) is 26.7. The van der Waals surface area contributed by atoms with Crippen molar-refractivity contribution in [2.75, 3.05) is 6.61 Å². The van der Waals surface area contributed by atoms with Gasteiger partial charge in [-0.25, -0.2) is 0 Å². The number of esters is 1. The van der Waals surface area contributed by atoms with Crippen LogP contribution in [0, 0.1) is 0 Å². The number of hydrogen-bond acceptors (Lipinski definition) is 5. The summed E-state index contributed by atoms with van der Waals surface area (Å²) >= 11 is 1.70. The van der Waals surface area contributed by atoms with Gasteiger partial charge in [0.25, 0.3) is 5.91 Å². The maximum Gasteiger partial charge on any atom is 0.306 e. The predicted octanol–water partition coefficient (Wildman–Crippen LogP) is 7.89. The molecule has 4 rings (SSSR count). The van der Waals surface area contributed by atoms with Crippen molar-refractivity contribution in [3.8, 4) is 16.2 Å². The summed E-state index contributed by atoms with van der Waals surface area (Å²) in [6.45, 7) is 5.20. The van der Waals surface area contributed by atoms with E-state index in [1.54, 1.807) is 11.3 Å². The molecular formula is C32H39NO4S. The highest BCUT2D eigenvalue weighted by Gasteiger charge is 2.33. The number of ether oxygens (including phenoxy) is 2. The van der Waals surface area contributed by atoms with Gasteiger partial charge in [0.2, 0.25) is 0 Å². The normalized spacial score (nSPS) is 12.9. The molecule has 0 unspecified atom stereocenters. The van der Waals surface area contributed by atoms with Crippen LogP contribution < -0.4 is 4.74 Å². The van der Waals surface area contributed by atoms with E-state index in [1.165, 1.54) is 4.88 Å². The maximum absolute atomic E-state index is 13.5. The molecule has 5 nitrogen and oxygen atoms in total. The lowest BCUT2D eigenvalue weighted by molar-refractivity contribution is -0.149. The van der Waals surface area contributed by atoms with Crippen molar-refractivity contribution in [2.24, 2.45) is 0 Å². The number of amides is 1. The lowest BCUT2D eigenvalue weighted by Gasteiger charge is -2.24. The van der Waals surface area contributed by atoms with Crippen LogP contribution in [0.15, 0.2) is 66.0 Å². The Morgan fingerprint density at radius 3 is 2.39 bits per heavy atom. The molecule has 0 N–H and O–H groups in total. The Balaban J connectivity index is 1.28. The molecule has 3 aromatic rings. The molecule has 38 heavy (non-hydrogen) atoms. The Kier molecular flexibility index (Phi) is 10.4. The molecule has 1 aliphatic rings. The van der Waals surface area contributed by atoms with Crippen LogP contribution in [0.1, 0.15) is 81.1 Å². The average Bonchev–Trinajstić information content (AvgIpc) is 3.64. The van der Waals surface area contributed by atoms with Crippen LogP contribution in [0.5, 0.6) is 5.75 Å². The number of carbonyl (C=O) groups excluding carboxylic acids is 2. The first-order valence-corrected chi connectivity index (χ1v) is 14.8. The number of nitrogens with zero attached hydrogens (tertiary/aromatic N) is 1. The van der Waals surface area contributed by atoms with E-state index >= 15 is 0 Å². The molecule has 0 saturated heterocycles. The summed E-state index contributed by atoms with van der Waals surface area (Å²) < 4.78 is 11.6. The standard InChI is InChI=1S/C32H39NO4S/c1-3-28(4-2)37-31(34)14-6-5-9-21-36-29-12-8-7-11-26(29)23-33(27-19-20-27)32(35)25-17-15-24(16-18-25)30-13-10-22-38-30/h7-8,10-13,15-18,22,27-28H,3-6,9,14,19-21,23H2,1-2H3. The summed E-state index contributed by atoms with van der Waals surface area (Å²) in [4.78, 5) is 28.7. The number of rotatable bonds is 15. The van der Waals surface area contributed by atoms with Gasteiger partial charge in [-0.3, -0.25) is 9.59 Å². The lowest BCUT2D eigenvalue weighted by Crippen LogP contribution is -2.32. The van der Waals surface area contributed by atoms with E-state index in [0.717, 1.165) is 67.4 Å². The zero-order valence-corrected chi connectivity index (χ0v) is 23.4. The SMILES string of the molecule is CCC(CC)OC(=O)CCCCCOc1ccccc1CN(C(=O)c1ccc(-c2cccs2)cc1)C1CC1. The van der Waals surface area contributed by atoms with Crippen molar-refractivity contribution >= 4 is 23.2 Å². The van der Waals surface area contributed by atoms with E-state index in [1.807, 2.05) is 73.3 Å². The minimum Gasteiger partial charge on any atom is -0.493 e. The zero-order valence-electron chi connectivity index (χ0n) is 22.6.